The summed E-state index contributed by atoms with van der Waals surface area (Å²) in [7, 11) is 0. The topological polar surface area (TPSA) is 39.7 Å². The Hall–Kier alpha value is -2.89. The number of hydrogen-bond donors (Lipinski definition) is 1. The van der Waals surface area contributed by atoms with Gasteiger partial charge in [0.05, 0.1) is 32.5 Å². The molecule has 0 spiro atoms. The Kier molecular flexibility index (Phi) is 10.8. The van der Waals surface area contributed by atoms with E-state index in [9.17, 15) is 0 Å². The molecule has 1 saturated heterocycles. The van der Waals surface area contributed by atoms with Gasteiger partial charge in [0, 0.05) is 18.9 Å². The number of fused-ring (bicyclic) bond motifs is 1. The maximum absolute atomic E-state index is 6.45. The molecule has 5 heteroatoms. The average molecular weight is 546 g/mol. The first kappa shape index (κ1) is 29.1. The van der Waals surface area contributed by atoms with Crippen molar-refractivity contribution >= 4 is 23.2 Å². The van der Waals surface area contributed by atoms with Crippen LogP contribution in [0.4, 0.5) is 0 Å². The first-order valence-electron chi connectivity index (χ1n) is 13.8. The van der Waals surface area contributed by atoms with E-state index in [1.807, 2.05) is 0 Å². The molecule has 1 fully saturated rings. The van der Waals surface area contributed by atoms with Crippen molar-refractivity contribution in [3.05, 3.63) is 113 Å². The minimum atomic E-state index is 0. The van der Waals surface area contributed by atoms with E-state index in [4.69, 9.17) is 14.2 Å². The van der Waals surface area contributed by atoms with Crippen molar-refractivity contribution in [3.8, 4) is 5.75 Å². The highest BCUT2D eigenvalue weighted by Crippen LogP contribution is 2.30. The van der Waals surface area contributed by atoms with Crippen molar-refractivity contribution in [2.45, 2.75) is 51.9 Å². The zero-order valence-electron chi connectivity index (χ0n) is 23.0. The van der Waals surface area contributed by atoms with E-state index in [0.717, 1.165) is 31.7 Å². The fourth-order valence-electron chi connectivity index (χ4n) is 5.42. The molecule has 4 aromatic carbocycles. The van der Waals surface area contributed by atoms with E-state index < -0.39 is 0 Å². The Morgan fingerprint density at radius 3 is 2.33 bits per heavy atom. The third-order valence-electron chi connectivity index (χ3n) is 7.26. The van der Waals surface area contributed by atoms with Crippen molar-refractivity contribution < 1.29 is 14.2 Å². The highest BCUT2D eigenvalue weighted by molar-refractivity contribution is 5.85. The molecule has 0 aromatic heterocycles. The molecule has 206 valence electrons. The first-order chi connectivity index (χ1) is 18.6. The molecule has 1 aliphatic rings. The number of nitrogens with one attached hydrogen (secondary N) is 1. The number of hydrogen-bond acceptors (Lipinski definition) is 4. The van der Waals surface area contributed by atoms with Gasteiger partial charge < -0.3 is 19.5 Å². The number of benzene rings is 4. The first-order valence-corrected chi connectivity index (χ1v) is 13.8. The highest BCUT2D eigenvalue weighted by Gasteiger charge is 2.27. The predicted octanol–water partition coefficient (Wildman–Crippen LogP) is 7.53. The average Bonchev–Trinajstić information content (AvgIpc) is 2.94. The van der Waals surface area contributed by atoms with Crippen molar-refractivity contribution in [2.24, 2.45) is 0 Å². The molecule has 2 atom stereocenters. The van der Waals surface area contributed by atoms with Crippen molar-refractivity contribution in [1.82, 2.24) is 5.32 Å². The predicted molar refractivity (Wildman–Crippen MR) is 162 cm³/mol. The molecule has 0 saturated carbocycles. The fraction of sp³-hybridized carbons (Fsp3) is 0.353. The van der Waals surface area contributed by atoms with Crippen LogP contribution in [-0.4, -0.2) is 32.4 Å². The largest absolute Gasteiger partial charge is 0.494 e. The van der Waals surface area contributed by atoms with Crippen LogP contribution in [0, 0.1) is 13.8 Å². The van der Waals surface area contributed by atoms with Crippen LogP contribution in [0.1, 0.15) is 46.6 Å². The van der Waals surface area contributed by atoms with Gasteiger partial charge in [-0.15, -0.1) is 12.4 Å². The van der Waals surface area contributed by atoms with Crippen LogP contribution < -0.4 is 10.1 Å². The zero-order chi connectivity index (χ0) is 26.2. The fourth-order valence-corrected chi connectivity index (χ4v) is 5.42. The van der Waals surface area contributed by atoms with Crippen LogP contribution in [0.15, 0.2) is 84.9 Å². The lowest BCUT2D eigenvalue weighted by molar-refractivity contribution is 0.0106. The number of rotatable bonds is 11. The van der Waals surface area contributed by atoms with Gasteiger partial charge in [0.2, 0.25) is 0 Å². The minimum absolute atomic E-state index is 0. The lowest BCUT2D eigenvalue weighted by Gasteiger charge is -2.32. The Bertz CT molecular complexity index is 1300. The monoisotopic (exact) mass is 545 g/mol. The van der Waals surface area contributed by atoms with Crippen LogP contribution in [-0.2, 0) is 22.7 Å². The summed E-state index contributed by atoms with van der Waals surface area (Å²) in [5, 5.41) is 6.03. The van der Waals surface area contributed by atoms with Gasteiger partial charge >= 0.3 is 0 Å². The van der Waals surface area contributed by atoms with E-state index in [1.165, 1.54) is 38.6 Å². The van der Waals surface area contributed by atoms with Gasteiger partial charge in [0.25, 0.3) is 0 Å². The molecule has 1 heterocycles. The molecule has 4 aromatic rings. The molecular formula is C34H40ClNO3. The molecule has 39 heavy (non-hydrogen) atoms. The van der Waals surface area contributed by atoms with Gasteiger partial charge in [0.1, 0.15) is 5.75 Å². The Balaban J connectivity index is 0.00000353. The molecule has 2 unspecified atom stereocenters. The minimum Gasteiger partial charge on any atom is -0.494 e. The summed E-state index contributed by atoms with van der Waals surface area (Å²) in [5.74, 6) is 1.29. The van der Waals surface area contributed by atoms with Gasteiger partial charge in [-0.05, 0) is 72.5 Å². The summed E-state index contributed by atoms with van der Waals surface area (Å²) in [6.07, 6.45) is 2.09. The normalized spacial score (nSPS) is 17.1. The van der Waals surface area contributed by atoms with Crippen LogP contribution in [0.25, 0.3) is 10.8 Å². The van der Waals surface area contributed by atoms with E-state index in [1.54, 1.807) is 0 Å². The number of aryl methyl sites for hydroxylation is 2. The Morgan fingerprint density at radius 1 is 0.769 bits per heavy atom. The molecule has 0 aliphatic carbocycles. The summed E-state index contributed by atoms with van der Waals surface area (Å²) in [4.78, 5) is 0. The Labute approximate surface area is 239 Å². The van der Waals surface area contributed by atoms with E-state index >= 15 is 0 Å². The maximum atomic E-state index is 6.45. The van der Waals surface area contributed by atoms with Crippen molar-refractivity contribution in [1.29, 1.82) is 0 Å². The third-order valence-corrected chi connectivity index (χ3v) is 7.26. The number of piperidine rings is 1. The summed E-state index contributed by atoms with van der Waals surface area (Å²) < 4.78 is 18.3. The second-order valence-electron chi connectivity index (χ2n) is 10.4. The van der Waals surface area contributed by atoms with Crippen LogP contribution in [0.5, 0.6) is 5.75 Å². The molecule has 0 amide bonds. The van der Waals surface area contributed by atoms with Gasteiger partial charge in [-0.25, -0.2) is 0 Å². The molecule has 1 aliphatic heterocycles. The molecular weight excluding hydrogens is 506 g/mol. The van der Waals surface area contributed by atoms with Crippen LogP contribution >= 0.6 is 12.4 Å². The van der Waals surface area contributed by atoms with Gasteiger partial charge in [-0.1, -0.05) is 77.9 Å². The van der Waals surface area contributed by atoms with Crippen molar-refractivity contribution in [3.63, 3.8) is 0 Å². The quantitative estimate of drug-likeness (QED) is 0.198. The van der Waals surface area contributed by atoms with Crippen LogP contribution in [0.2, 0.25) is 0 Å². The van der Waals surface area contributed by atoms with E-state index in [-0.39, 0.29) is 18.5 Å². The zero-order valence-corrected chi connectivity index (χ0v) is 23.8. The second kappa shape index (κ2) is 14.5. The van der Waals surface area contributed by atoms with Gasteiger partial charge in [-0.3, -0.25) is 0 Å². The van der Waals surface area contributed by atoms with E-state index in [2.05, 4.69) is 104 Å². The maximum Gasteiger partial charge on any atom is 0.119 e. The Morgan fingerprint density at radius 2 is 1.54 bits per heavy atom. The van der Waals surface area contributed by atoms with Crippen LogP contribution in [0.3, 0.4) is 0 Å². The lowest BCUT2D eigenvalue weighted by Crippen LogP contribution is -2.40. The number of ether oxygens (including phenoxy) is 3. The number of halogens is 1. The summed E-state index contributed by atoms with van der Waals surface area (Å²) in [6.45, 7) is 8.76. The summed E-state index contributed by atoms with van der Waals surface area (Å²) in [5.41, 5.74) is 6.33. The summed E-state index contributed by atoms with van der Waals surface area (Å²) >= 11 is 0. The van der Waals surface area contributed by atoms with Gasteiger partial charge in [0.15, 0.2) is 0 Å². The molecule has 0 radical (unpaired) electrons. The molecule has 1 N–H and O–H groups in total. The molecule has 4 nitrogen and oxygen atoms in total. The third kappa shape index (κ3) is 8.30. The second-order valence-corrected chi connectivity index (χ2v) is 10.4. The summed E-state index contributed by atoms with van der Waals surface area (Å²) in [6, 6.07) is 30.2. The van der Waals surface area contributed by atoms with Gasteiger partial charge in [-0.2, -0.15) is 0 Å². The highest BCUT2D eigenvalue weighted by atomic mass is 35.5. The van der Waals surface area contributed by atoms with Crippen molar-refractivity contribution in [2.75, 3.05) is 26.3 Å². The molecule has 5 rings (SSSR count). The molecule has 0 bridgehead atoms. The SMILES string of the molecule is Cc1cc(C)cc(COCCCOc2ccc(C3CCNCC3OCc3ccc4ccccc4c3)cc2)c1.Cl. The smallest absolute Gasteiger partial charge is 0.119 e. The van der Waals surface area contributed by atoms with E-state index in [0.29, 0.717) is 32.3 Å². The standard InChI is InChI=1S/C34H39NO3.ClH/c1-25-18-26(2)20-28(19-25)23-36-16-5-17-37-32-12-10-30(11-13-32)33-14-15-35-22-34(33)38-24-27-8-9-29-6-3-4-7-31(29)21-27;/h3-4,6-13,18-21,33-35H,5,14-17,22-24H2,1-2H3;1H. The lowest BCUT2D eigenvalue weighted by atomic mass is 9.87.